The molecule has 3 aromatic carbocycles. The number of halogens is 3. The van der Waals surface area contributed by atoms with Crippen molar-refractivity contribution in [3.63, 3.8) is 0 Å². The van der Waals surface area contributed by atoms with E-state index in [-0.39, 0.29) is 23.6 Å². The van der Waals surface area contributed by atoms with E-state index in [0.717, 1.165) is 15.5 Å². The number of amides is 2. The second kappa shape index (κ2) is 9.64. The first-order valence-corrected chi connectivity index (χ1v) is 13.3. The number of hydrogen-bond donors (Lipinski definition) is 1. The summed E-state index contributed by atoms with van der Waals surface area (Å²) in [6, 6.07) is 18.4. The summed E-state index contributed by atoms with van der Waals surface area (Å²) in [5.41, 5.74) is 5.18. The Labute approximate surface area is 220 Å². The summed E-state index contributed by atoms with van der Waals surface area (Å²) in [6.07, 6.45) is 0. The van der Waals surface area contributed by atoms with Gasteiger partial charge in [0.15, 0.2) is 0 Å². The average molecular weight is 551 g/mol. The number of benzene rings is 3. The number of nitrogens with zero attached hydrogens (tertiary/aromatic N) is 2. The summed E-state index contributed by atoms with van der Waals surface area (Å²) in [5, 5.41) is 2.17. The van der Waals surface area contributed by atoms with Crippen LogP contribution in [0.2, 0.25) is 15.1 Å². The minimum Gasteiger partial charge on any atom is -0.278 e. The molecule has 2 heterocycles. The second-order valence-corrected chi connectivity index (χ2v) is 11.5. The molecule has 1 saturated heterocycles. The zero-order valence-electron chi connectivity index (χ0n) is 17.8. The minimum absolute atomic E-state index is 0.109. The van der Waals surface area contributed by atoms with Crippen molar-refractivity contribution in [1.82, 2.24) is 10.4 Å². The molecule has 3 aromatic rings. The lowest BCUT2D eigenvalue weighted by molar-refractivity contribution is -0.133. The summed E-state index contributed by atoms with van der Waals surface area (Å²) < 4.78 is 0. The Kier molecular flexibility index (Phi) is 6.77. The molecule has 5 rings (SSSR count). The van der Waals surface area contributed by atoms with E-state index in [0.29, 0.717) is 26.3 Å². The first-order chi connectivity index (χ1) is 16.3. The number of hydrazine groups is 1. The molecule has 2 aliphatic heterocycles. The summed E-state index contributed by atoms with van der Waals surface area (Å²) in [6.45, 7) is 1.72. The van der Waals surface area contributed by atoms with E-state index >= 15 is 0 Å². The molecule has 2 aliphatic rings. The van der Waals surface area contributed by atoms with Gasteiger partial charge < -0.3 is 0 Å². The van der Waals surface area contributed by atoms with Gasteiger partial charge in [-0.05, 0) is 49.4 Å². The molecule has 2 amide bonds. The van der Waals surface area contributed by atoms with E-state index < -0.39 is 5.37 Å². The number of rotatable bonds is 4. The molecule has 1 N–H and O–H groups in total. The van der Waals surface area contributed by atoms with Crippen molar-refractivity contribution in [3.8, 4) is 0 Å². The zero-order valence-corrected chi connectivity index (χ0v) is 21.7. The Morgan fingerprint density at radius 1 is 0.971 bits per heavy atom. The van der Waals surface area contributed by atoms with Gasteiger partial charge in [0.1, 0.15) is 5.37 Å². The molecular formula is C24H18Cl3N3O2S2. The molecule has 0 saturated carbocycles. The number of fused-ring (bicyclic) bond motifs is 2. The van der Waals surface area contributed by atoms with Crippen LogP contribution in [0.3, 0.4) is 0 Å². The number of nitrogens with one attached hydrogen (secondary N) is 1. The van der Waals surface area contributed by atoms with Crippen molar-refractivity contribution in [3.05, 3.63) is 81.3 Å². The van der Waals surface area contributed by atoms with Crippen LogP contribution in [0.4, 0.5) is 11.4 Å². The van der Waals surface area contributed by atoms with Crippen LogP contribution in [0.1, 0.15) is 17.9 Å². The van der Waals surface area contributed by atoms with Crippen molar-refractivity contribution in [2.75, 3.05) is 11.4 Å². The van der Waals surface area contributed by atoms with Crippen LogP contribution in [0.5, 0.6) is 0 Å². The normalized spacial score (nSPS) is 19.2. The highest BCUT2D eigenvalue weighted by molar-refractivity contribution is 8.01. The van der Waals surface area contributed by atoms with Crippen LogP contribution < -0.4 is 10.3 Å². The van der Waals surface area contributed by atoms with Crippen molar-refractivity contribution < 1.29 is 9.59 Å². The number of carbonyl (C=O) groups is 2. The Balaban J connectivity index is 1.44. The Hall–Kier alpha value is -1.87. The zero-order chi connectivity index (χ0) is 24.0. The summed E-state index contributed by atoms with van der Waals surface area (Å²) in [7, 11) is 0. The summed E-state index contributed by atoms with van der Waals surface area (Å²) in [4.78, 5) is 30.1. The molecule has 1 fully saturated rings. The van der Waals surface area contributed by atoms with Crippen LogP contribution in [0, 0.1) is 0 Å². The highest BCUT2D eigenvalue weighted by Crippen LogP contribution is 2.49. The van der Waals surface area contributed by atoms with E-state index in [4.69, 9.17) is 34.8 Å². The molecule has 0 radical (unpaired) electrons. The van der Waals surface area contributed by atoms with E-state index in [2.05, 4.69) is 5.43 Å². The fourth-order valence-electron chi connectivity index (χ4n) is 3.96. The molecule has 0 bridgehead atoms. The van der Waals surface area contributed by atoms with Crippen molar-refractivity contribution in [1.29, 1.82) is 0 Å². The van der Waals surface area contributed by atoms with Gasteiger partial charge in [0.05, 0.1) is 23.2 Å². The van der Waals surface area contributed by atoms with Gasteiger partial charge in [0, 0.05) is 30.4 Å². The number of carbonyl (C=O) groups excluding carboxylic acids is 2. The maximum atomic E-state index is 13.6. The first kappa shape index (κ1) is 23.9. The monoisotopic (exact) mass is 549 g/mol. The van der Waals surface area contributed by atoms with Gasteiger partial charge in [-0.1, -0.05) is 64.8 Å². The summed E-state index contributed by atoms with van der Waals surface area (Å²) in [5.74, 6) is -0.366. The summed E-state index contributed by atoms with van der Waals surface area (Å²) >= 11 is 22.1. The lowest BCUT2D eigenvalue weighted by Crippen LogP contribution is -2.47. The Morgan fingerprint density at radius 2 is 1.68 bits per heavy atom. The van der Waals surface area contributed by atoms with Gasteiger partial charge in [-0.2, -0.15) is 0 Å². The van der Waals surface area contributed by atoms with Crippen LogP contribution >= 0.6 is 58.3 Å². The lowest BCUT2D eigenvalue weighted by atomic mass is 10.2. The Bertz CT molecular complexity index is 1290. The third kappa shape index (κ3) is 4.30. The molecule has 0 aliphatic carbocycles. The molecule has 34 heavy (non-hydrogen) atoms. The van der Waals surface area contributed by atoms with Crippen molar-refractivity contribution in [2.45, 2.75) is 27.3 Å². The SMILES string of the molecule is CC1SC(c2c(Cl)cccc2Cl)N(NCC(=O)N2c3ccccc3Sc3ccc(Cl)cc32)C1=O. The molecular weight excluding hydrogens is 533 g/mol. The van der Waals surface area contributed by atoms with Crippen LogP contribution in [0.15, 0.2) is 70.5 Å². The third-order valence-corrected chi connectivity index (χ3v) is 8.88. The topological polar surface area (TPSA) is 52.7 Å². The Morgan fingerprint density at radius 3 is 2.44 bits per heavy atom. The van der Waals surface area contributed by atoms with E-state index in [1.165, 1.54) is 16.8 Å². The second-order valence-electron chi connectivity index (χ2n) is 7.72. The van der Waals surface area contributed by atoms with E-state index in [1.807, 2.05) is 43.3 Å². The number of thioether (sulfide) groups is 1. The molecule has 2 unspecified atom stereocenters. The molecule has 0 aromatic heterocycles. The third-order valence-electron chi connectivity index (χ3n) is 5.54. The molecule has 174 valence electrons. The fraction of sp³-hybridized carbons (Fsp3) is 0.167. The molecule has 10 heteroatoms. The average Bonchev–Trinajstić information content (AvgIpc) is 3.09. The van der Waals surface area contributed by atoms with Gasteiger partial charge in [0.25, 0.3) is 5.91 Å². The van der Waals surface area contributed by atoms with E-state index in [1.54, 1.807) is 40.9 Å². The highest BCUT2D eigenvalue weighted by Gasteiger charge is 2.41. The van der Waals surface area contributed by atoms with Crippen LogP contribution in [-0.2, 0) is 9.59 Å². The van der Waals surface area contributed by atoms with Gasteiger partial charge in [0.2, 0.25) is 5.91 Å². The smallest absolute Gasteiger partial charge is 0.250 e. The lowest BCUT2D eigenvalue weighted by Gasteiger charge is -2.32. The van der Waals surface area contributed by atoms with Gasteiger partial charge >= 0.3 is 0 Å². The van der Waals surface area contributed by atoms with Gasteiger partial charge in [-0.3, -0.25) is 19.5 Å². The first-order valence-electron chi connectivity index (χ1n) is 10.4. The van der Waals surface area contributed by atoms with Crippen LogP contribution in [0.25, 0.3) is 0 Å². The quantitative estimate of drug-likeness (QED) is 0.381. The largest absolute Gasteiger partial charge is 0.278 e. The fourth-order valence-corrected chi connectivity index (χ4v) is 7.20. The standard InChI is InChI=1S/C24H18Cl3N3O2S2/c1-13-23(32)30(24(33-13)22-15(26)5-4-6-16(22)27)28-12-21(31)29-17-7-2-3-8-19(17)34-20-10-9-14(25)11-18(20)29/h2-11,13,24,28H,12H2,1H3. The van der Waals surface area contributed by atoms with Gasteiger partial charge in [-0.15, -0.1) is 11.8 Å². The molecule has 0 spiro atoms. The predicted molar refractivity (Wildman–Crippen MR) is 140 cm³/mol. The maximum absolute atomic E-state index is 13.6. The van der Waals surface area contributed by atoms with Crippen molar-refractivity contribution >= 4 is 81.5 Å². The van der Waals surface area contributed by atoms with E-state index in [9.17, 15) is 9.59 Å². The van der Waals surface area contributed by atoms with Crippen molar-refractivity contribution in [2.24, 2.45) is 0 Å². The van der Waals surface area contributed by atoms with Gasteiger partial charge in [-0.25, -0.2) is 5.43 Å². The number of anilines is 2. The number of hydrogen-bond acceptors (Lipinski definition) is 5. The van der Waals surface area contributed by atoms with Crippen LogP contribution in [-0.4, -0.2) is 28.6 Å². The molecule has 2 atom stereocenters. The predicted octanol–water partition coefficient (Wildman–Crippen LogP) is 6.94. The maximum Gasteiger partial charge on any atom is 0.250 e. The minimum atomic E-state index is -0.456. The number of para-hydroxylation sites is 1. The highest BCUT2D eigenvalue weighted by atomic mass is 35.5. The molecule has 5 nitrogen and oxygen atoms in total.